The van der Waals surface area contributed by atoms with Crippen molar-refractivity contribution in [1.82, 2.24) is 10.2 Å². The predicted molar refractivity (Wildman–Crippen MR) is 110 cm³/mol. The average molecular weight is 428 g/mol. The summed E-state index contributed by atoms with van der Waals surface area (Å²) in [4.78, 5) is 40.4. The molecular weight excluding hydrogens is 409 g/mol. The van der Waals surface area contributed by atoms with Gasteiger partial charge in [-0.2, -0.15) is 0 Å². The molecule has 154 valence electrons. The number of rotatable bonds is 4. The largest absolute Gasteiger partial charge is 0.378 e. The van der Waals surface area contributed by atoms with Crippen LogP contribution in [0.3, 0.4) is 0 Å². The quantitative estimate of drug-likeness (QED) is 0.761. The van der Waals surface area contributed by atoms with Gasteiger partial charge >= 0.3 is 0 Å². The zero-order chi connectivity index (χ0) is 21.3. The second-order valence-corrected chi connectivity index (χ2v) is 7.67. The molecule has 2 aliphatic heterocycles. The molecule has 0 radical (unpaired) electrons. The molecule has 4 rings (SSSR count). The lowest BCUT2D eigenvalue weighted by Crippen LogP contribution is -2.45. The topological polar surface area (TPSA) is 69.7 Å². The van der Waals surface area contributed by atoms with Gasteiger partial charge < -0.3 is 10.2 Å². The van der Waals surface area contributed by atoms with Crippen molar-refractivity contribution >= 4 is 35.0 Å². The molecule has 0 aromatic heterocycles. The van der Waals surface area contributed by atoms with Crippen LogP contribution in [0.15, 0.2) is 60.3 Å². The number of likely N-dealkylation sites (tertiary alicyclic amines) is 1. The van der Waals surface area contributed by atoms with Crippen molar-refractivity contribution in [2.24, 2.45) is 0 Å². The molecule has 3 amide bonds. The van der Waals surface area contributed by atoms with Gasteiger partial charge in [0.25, 0.3) is 17.7 Å². The maximum Gasteiger partial charge on any atom is 0.281 e. The molecule has 1 saturated heterocycles. The van der Waals surface area contributed by atoms with E-state index in [0.29, 0.717) is 42.2 Å². The summed E-state index contributed by atoms with van der Waals surface area (Å²) >= 11 is 5.87. The highest BCUT2D eigenvalue weighted by molar-refractivity contribution is 6.32. The van der Waals surface area contributed by atoms with Gasteiger partial charge in [0.05, 0.1) is 5.69 Å². The van der Waals surface area contributed by atoms with Gasteiger partial charge in [-0.25, -0.2) is 9.29 Å². The van der Waals surface area contributed by atoms with Crippen molar-refractivity contribution in [1.29, 1.82) is 0 Å². The average Bonchev–Trinajstić information content (AvgIpc) is 3.02. The minimum absolute atomic E-state index is 0.0320. The van der Waals surface area contributed by atoms with Crippen molar-refractivity contribution < 1.29 is 18.8 Å². The van der Waals surface area contributed by atoms with E-state index in [4.69, 9.17) is 11.6 Å². The molecule has 2 aromatic rings. The van der Waals surface area contributed by atoms with Gasteiger partial charge in [0.2, 0.25) is 0 Å². The molecule has 0 atom stereocenters. The van der Waals surface area contributed by atoms with Crippen molar-refractivity contribution in [3.05, 3.63) is 76.7 Å². The number of carbonyl (C=O) groups is 3. The second-order valence-electron chi connectivity index (χ2n) is 7.23. The van der Waals surface area contributed by atoms with E-state index in [-0.39, 0.29) is 23.5 Å². The number of halogens is 2. The van der Waals surface area contributed by atoms with Crippen LogP contribution in [0.1, 0.15) is 23.2 Å². The van der Waals surface area contributed by atoms with Crippen LogP contribution < -0.4 is 10.2 Å². The van der Waals surface area contributed by atoms with Gasteiger partial charge in [-0.3, -0.25) is 14.4 Å². The fraction of sp³-hybridized carbons (Fsp3) is 0.227. The third-order valence-electron chi connectivity index (χ3n) is 5.24. The molecule has 0 aliphatic carbocycles. The van der Waals surface area contributed by atoms with Crippen molar-refractivity contribution in [3.63, 3.8) is 0 Å². The summed E-state index contributed by atoms with van der Waals surface area (Å²) in [6.45, 7) is 1.01. The Labute approximate surface area is 177 Å². The van der Waals surface area contributed by atoms with Gasteiger partial charge in [0, 0.05) is 35.8 Å². The zero-order valence-corrected chi connectivity index (χ0v) is 16.7. The lowest BCUT2D eigenvalue weighted by molar-refractivity contribution is -0.120. The Balaban J connectivity index is 1.35. The molecule has 1 fully saturated rings. The minimum atomic E-state index is -0.410. The van der Waals surface area contributed by atoms with Gasteiger partial charge in [-0.05, 0) is 61.4 Å². The number of piperidine rings is 1. The van der Waals surface area contributed by atoms with E-state index in [1.54, 1.807) is 29.2 Å². The molecule has 0 spiro atoms. The Bertz CT molecular complexity index is 1010. The Kier molecular flexibility index (Phi) is 5.55. The summed E-state index contributed by atoms with van der Waals surface area (Å²) in [5.41, 5.74) is 1.15. The van der Waals surface area contributed by atoms with Crippen LogP contribution in [-0.2, 0) is 9.59 Å². The second kappa shape index (κ2) is 8.28. The number of nitrogens with one attached hydrogen (secondary N) is 1. The normalized spacial score (nSPS) is 17.3. The third-order valence-corrected chi connectivity index (χ3v) is 5.49. The number of anilines is 1. The van der Waals surface area contributed by atoms with E-state index in [2.05, 4.69) is 5.32 Å². The minimum Gasteiger partial charge on any atom is -0.378 e. The number of hydrogen-bond donors (Lipinski definition) is 1. The summed E-state index contributed by atoms with van der Waals surface area (Å²) in [6, 6.07) is 11.9. The summed E-state index contributed by atoms with van der Waals surface area (Å²) in [5, 5.41) is 3.67. The maximum atomic E-state index is 13.1. The first-order valence-electron chi connectivity index (χ1n) is 9.59. The molecule has 8 heteroatoms. The molecule has 0 unspecified atom stereocenters. The number of imide groups is 1. The van der Waals surface area contributed by atoms with E-state index in [1.165, 1.54) is 30.3 Å². The highest BCUT2D eigenvalue weighted by Gasteiger charge is 2.34. The summed E-state index contributed by atoms with van der Waals surface area (Å²) in [5.74, 6) is -1.35. The number of carbonyl (C=O) groups excluding carboxylic acids is 3. The lowest BCUT2D eigenvalue weighted by Gasteiger charge is -2.33. The number of amides is 3. The van der Waals surface area contributed by atoms with Crippen molar-refractivity contribution in [2.75, 3.05) is 18.0 Å². The van der Waals surface area contributed by atoms with Crippen LogP contribution >= 0.6 is 11.6 Å². The van der Waals surface area contributed by atoms with Gasteiger partial charge in [0.1, 0.15) is 11.5 Å². The van der Waals surface area contributed by atoms with Crippen molar-refractivity contribution in [3.8, 4) is 0 Å². The number of nitrogens with zero attached hydrogens (tertiary/aromatic N) is 2. The third kappa shape index (κ3) is 4.07. The molecule has 2 aromatic carbocycles. The standard InChI is InChI=1S/C22H19ClFN3O3/c23-15-3-7-18(8-4-15)27-20(28)13-19(22(27)30)25-17-9-11-26(12-10-17)21(29)14-1-5-16(24)6-2-14/h1-8,13,17,25H,9-12H2. The zero-order valence-electron chi connectivity index (χ0n) is 16.0. The van der Waals surface area contributed by atoms with Gasteiger partial charge in [-0.1, -0.05) is 11.6 Å². The SMILES string of the molecule is O=C(c1ccc(F)cc1)N1CCC(NC2=CC(=O)N(c3ccc(Cl)cc3)C2=O)CC1. The Morgan fingerprint density at radius 3 is 2.27 bits per heavy atom. The van der Waals surface area contributed by atoms with Gasteiger partial charge in [0.15, 0.2) is 0 Å². The molecule has 6 nitrogen and oxygen atoms in total. The highest BCUT2D eigenvalue weighted by atomic mass is 35.5. The smallest absolute Gasteiger partial charge is 0.281 e. The highest BCUT2D eigenvalue weighted by Crippen LogP contribution is 2.24. The summed E-state index contributed by atoms with van der Waals surface area (Å²) < 4.78 is 13.1. The molecule has 1 N–H and O–H groups in total. The van der Waals surface area contributed by atoms with Gasteiger partial charge in [-0.15, -0.1) is 0 Å². The van der Waals surface area contributed by atoms with E-state index >= 15 is 0 Å². The summed E-state index contributed by atoms with van der Waals surface area (Å²) in [7, 11) is 0. The van der Waals surface area contributed by atoms with E-state index in [9.17, 15) is 18.8 Å². The number of hydrogen-bond acceptors (Lipinski definition) is 4. The van der Waals surface area contributed by atoms with E-state index in [0.717, 1.165) is 4.90 Å². The summed E-state index contributed by atoms with van der Waals surface area (Å²) in [6.07, 6.45) is 2.56. The van der Waals surface area contributed by atoms with Crippen LogP contribution in [-0.4, -0.2) is 41.8 Å². The molecule has 30 heavy (non-hydrogen) atoms. The van der Waals surface area contributed by atoms with Crippen molar-refractivity contribution in [2.45, 2.75) is 18.9 Å². The molecular formula is C22H19ClFN3O3. The molecule has 2 aliphatic rings. The fourth-order valence-corrected chi connectivity index (χ4v) is 3.76. The van der Waals surface area contributed by atoms with Crippen LogP contribution in [0.4, 0.5) is 10.1 Å². The lowest BCUT2D eigenvalue weighted by atomic mass is 10.0. The monoisotopic (exact) mass is 427 g/mol. The maximum absolute atomic E-state index is 13.1. The van der Waals surface area contributed by atoms with Crippen LogP contribution in [0, 0.1) is 5.82 Å². The first-order chi connectivity index (χ1) is 14.4. The molecule has 0 saturated carbocycles. The van der Waals surface area contributed by atoms with E-state index in [1.807, 2.05) is 0 Å². The fourth-order valence-electron chi connectivity index (χ4n) is 3.63. The molecule has 2 heterocycles. The van der Waals surface area contributed by atoms with E-state index < -0.39 is 11.8 Å². The number of benzene rings is 2. The first-order valence-corrected chi connectivity index (χ1v) is 9.97. The Morgan fingerprint density at radius 2 is 1.63 bits per heavy atom. The Hall–Kier alpha value is -3.19. The predicted octanol–water partition coefficient (Wildman–Crippen LogP) is 3.13. The van der Waals surface area contributed by atoms with Crippen LogP contribution in [0.25, 0.3) is 0 Å². The first kappa shape index (κ1) is 20.1. The van der Waals surface area contributed by atoms with Crippen LogP contribution in [0.2, 0.25) is 5.02 Å². The van der Waals surface area contributed by atoms with Crippen LogP contribution in [0.5, 0.6) is 0 Å². The Morgan fingerprint density at radius 1 is 1.00 bits per heavy atom. The molecule has 0 bridgehead atoms.